The summed E-state index contributed by atoms with van der Waals surface area (Å²) in [6.45, 7) is 2.76. The Kier molecular flexibility index (Phi) is 4.34. The summed E-state index contributed by atoms with van der Waals surface area (Å²) in [6.07, 6.45) is 4.29. The second kappa shape index (κ2) is 6.22. The van der Waals surface area contributed by atoms with Crippen LogP contribution < -0.4 is 10.1 Å². The summed E-state index contributed by atoms with van der Waals surface area (Å²) in [5, 5.41) is 4.46. The largest absolute Gasteiger partial charge is 0.436 e. The number of halogens is 2. The quantitative estimate of drug-likeness (QED) is 0.863. The van der Waals surface area contributed by atoms with E-state index in [1.54, 1.807) is 6.20 Å². The molecule has 1 heterocycles. The van der Waals surface area contributed by atoms with E-state index < -0.39 is 0 Å². The van der Waals surface area contributed by atoms with E-state index in [1.165, 1.54) is 12.8 Å². The topological polar surface area (TPSA) is 34.1 Å². The fourth-order valence-electron chi connectivity index (χ4n) is 1.98. The average Bonchev–Trinajstić information content (AvgIpc) is 3.26. The van der Waals surface area contributed by atoms with Crippen molar-refractivity contribution < 1.29 is 4.74 Å². The molecule has 0 bridgehead atoms. The zero-order valence-electron chi connectivity index (χ0n) is 11.7. The molecule has 2 aromatic rings. The van der Waals surface area contributed by atoms with Crippen molar-refractivity contribution in [2.24, 2.45) is 0 Å². The lowest BCUT2D eigenvalue weighted by Crippen LogP contribution is -2.15. The molecule has 1 fully saturated rings. The van der Waals surface area contributed by atoms with Gasteiger partial charge in [-0.05, 0) is 49.1 Å². The fraction of sp³-hybridized carbons (Fsp3) is 0.312. The second-order valence-electron chi connectivity index (χ2n) is 5.32. The third kappa shape index (κ3) is 3.88. The Morgan fingerprint density at radius 2 is 2.05 bits per heavy atom. The Morgan fingerprint density at radius 1 is 1.24 bits per heavy atom. The van der Waals surface area contributed by atoms with Crippen LogP contribution in [-0.2, 0) is 6.54 Å². The van der Waals surface area contributed by atoms with E-state index in [0.29, 0.717) is 27.7 Å². The minimum Gasteiger partial charge on any atom is -0.436 e. The van der Waals surface area contributed by atoms with Crippen molar-refractivity contribution in [2.45, 2.75) is 32.4 Å². The zero-order valence-corrected chi connectivity index (χ0v) is 13.2. The monoisotopic (exact) mass is 322 g/mol. The summed E-state index contributed by atoms with van der Waals surface area (Å²) in [5.74, 6) is 0.929. The Bertz CT molecular complexity index is 657. The van der Waals surface area contributed by atoms with Crippen molar-refractivity contribution in [1.29, 1.82) is 0 Å². The Hall–Kier alpha value is -1.29. The predicted molar refractivity (Wildman–Crippen MR) is 85.4 cm³/mol. The molecule has 0 atom stereocenters. The van der Waals surface area contributed by atoms with E-state index in [2.05, 4.69) is 10.3 Å². The lowest BCUT2D eigenvalue weighted by atomic mass is 10.2. The molecule has 1 aliphatic carbocycles. The first-order chi connectivity index (χ1) is 10.1. The smallest absolute Gasteiger partial charge is 0.238 e. The molecule has 0 spiro atoms. The maximum Gasteiger partial charge on any atom is 0.238 e. The summed E-state index contributed by atoms with van der Waals surface area (Å²) in [7, 11) is 0. The first kappa shape index (κ1) is 14.6. The molecular formula is C16H16Cl2N2O. The van der Waals surface area contributed by atoms with E-state index in [1.807, 2.05) is 31.2 Å². The molecule has 1 saturated carbocycles. The zero-order chi connectivity index (χ0) is 14.8. The van der Waals surface area contributed by atoms with E-state index in [9.17, 15) is 0 Å². The van der Waals surface area contributed by atoms with Crippen LogP contribution in [0, 0.1) is 6.92 Å². The van der Waals surface area contributed by atoms with Gasteiger partial charge in [0, 0.05) is 18.8 Å². The summed E-state index contributed by atoms with van der Waals surface area (Å²) in [4.78, 5) is 4.28. The van der Waals surface area contributed by atoms with Gasteiger partial charge in [0.05, 0.1) is 5.02 Å². The molecule has 1 N–H and O–H groups in total. The summed E-state index contributed by atoms with van der Waals surface area (Å²) < 4.78 is 5.69. The number of aryl methyl sites for hydroxylation is 1. The van der Waals surface area contributed by atoms with Gasteiger partial charge >= 0.3 is 0 Å². The molecule has 1 aromatic carbocycles. The maximum atomic E-state index is 6.24. The van der Waals surface area contributed by atoms with Gasteiger partial charge in [-0.25, -0.2) is 4.98 Å². The minimum absolute atomic E-state index is 0.373. The van der Waals surface area contributed by atoms with E-state index >= 15 is 0 Å². The van der Waals surface area contributed by atoms with Crippen LogP contribution in [0.3, 0.4) is 0 Å². The van der Waals surface area contributed by atoms with Crippen LogP contribution in [0.2, 0.25) is 10.0 Å². The number of rotatable bonds is 5. The van der Waals surface area contributed by atoms with Gasteiger partial charge in [-0.2, -0.15) is 0 Å². The number of hydrogen-bond donors (Lipinski definition) is 1. The van der Waals surface area contributed by atoms with Crippen LogP contribution in [0.4, 0.5) is 0 Å². The number of nitrogens with zero attached hydrogens (tertiary/aromatic N) is 1. The van der Waals surface area contributed by atoms with E-state index in [-0.39, 0.29) is 0 Å². The van der Waals surface area contributed by atoms with Crippen molar-refractivity contribution in [3.05, 3.63) is 51.6 Å². The summed E-state index contributed by atoms with van der Waals surface area (Å²) >= 11 is 12.4. The molecule has 0 unspecified atom stereocenters. The molecule has 1 aromatic heterocycles. The molecule has 0 radical (unpaired) electrons. The third-order valence-corrected chi connectivity index (χ3v) is 3.90. The normalized spacial score (nSPS) is 14.2. The highest BCUT2D eigenvalue weighted by molar-refractivity contribution is 6.32. The molecule has 3 rings (SSSR count). The van der Waals surface area contributed by atoms with E-state index in [0.717, 1.165) is 17.7 Å². The predicted octanol–water partition coefficient (Wildman–Crippen LogP) is 4.74. The lowest BCUT2D eigenvalue weighted by molar-refractivity contribution is 0.462. The number of ether oxygens (including phenoxy) is 1. The van der Waals surface area contributed by atoms with Crippen molar-refractivity contribution in [3.63, 3.8) is 0 Å². The van der Waals surface area contributed by atoms with Crippen LogP contribution in [0.1, 0.15) is 24.0 Å². The molecule has 0 saturated heterocycles. The first-order valence-corrected chi connectivity index (χ1v) is 7.69. The molecule has 0 aliphatic heterocycles. The molecule has 0 amide bonds. The maximum absolute atomic E-state index is 6.24. The van der Waals surface area contributed by atoms with Crippen LogP contribution in [0.15, 0.2) is 30.5 Å². The van der Waals surface area contributed by atoms with E-state index in [4.69, 9.17) is 27.9 Å². The highest BCUT2D eigenvalue weighted by Crippen LogP contribution is 2.33. The second-order valence-corrected chi connectivity index (χ2v) is 6.14. The van der Waals surface area contributed by atoms with Crippen LogP contribution in [0.5, 0.6) is 11.6 Å². The van der Waals surface area contributed by atoms with Crippen molar-refractivity contribution in [1.82, 2.24) is 10.3 Å². The SMILES string of the molecule is Cc1ccc(Oc2ncc(CNC3CC3)cc2Cl)c(Cl)c1. The minimum atomic E-state index is 0.373. The molecule has 21 heavy (non-hydrogen) atoms. The lowest BCUT2D eigenvalue weighted by Gasteiger charge is -2.10. The van der Waals surface area contributed by atoms with Crippen LogP contribution >= 0.6 is 23.2 Å². The number of hydrogen-bond acceptors (Lipinski definition) is 3. The van der Waals surface area contributed by atoms with Crippen molar-refractivity contribution >= 4 is 23.2 Å². The van der Waals surface area contributed by atoms with Gasteiger partial charge in [-0.15, -0.1) is 0 Å². The highest BCUT2D eigenvalue weighted by Gasteiger charge is 2.20. The molecule has 3 nitrogen and oxygen atoms in total. The van der Waals surface area contributed by atoms with Crippen molar-refractivity contribution in [3.8, 4) is 11.6 Å². The van der Waals surface area contributed by atoms with Gasteiger partial charge in [0.1, 0.15) is 10.8 Å². The van der Waals surface area contributed by atoms with Gasteiger partial charge < -0.3 is 10.1 Å². The number of benzene rings is 1. The van der Waals surface area contributed by atoms with Gasteiger partial charge in [0.2, 0.25) is 5.88 Å². The number of nitrogens with one attached hydrogen (secondary N) is 1. The summed E-state index contributed by atoms with van der Waals surface area (Å²) in [5.41, 5.74) is 2.13. The fourth-order valence-corrected chi connectivity index (χ4v) is 2.48. The number of aromatic nitrogens is 1. The standard InChI is InChI=1S/C16H16Cl2N2O/c1-10-2-5-15(13(17)6-10)21-16-14(18)7-11(9-20-16)8-19-12-3-4-12/h2,5-7,9,12,19H,3-4,8H2,1H3. The van der Waals surface area contributed by atoms with Crippen molar-refractivity contribution in [2.75, 3.05) is 0 Å². The molecule has 1 aliphatic rings. The number of pyridine rings is 1. The Labute approximate surface area is 134 Å². The Morgan fingerprint density at radius 3 is 2.71 bits per heavy atom. The Balaban J connectivity index is 1.72. The summed E-state index contributed by atoms with van der Waals surface area (Å²) in [6, 6.07) is 8.13. The first-order valence-electron chi connectivity index (χ1n) is 6.93. The molecule has 110 valence electrons. The van der Waals surface area contributed by atoms with Gasteiger partial charge in [-0.1, -0.05) is 29.3 Å². The molecular weight excluding hydrogens is 307 g/mol. The van der Waals surface area contributed by atoms with Crippen LogP contribution in [-0.4, -0.2) is 11.0 Å². The third-order valence-electron chi connectivity index (χ3n) is 3.33. The van der Waals surface area contributed by atoms with Gasteiger partial charge in [0.15, 0.2) is 0 Å². The van der Waals surface area contributed by atoms with Gasteiger partial charge in [-0.3, -0.25) is 0 Å². The average molecular weight is 323 g/mol. The van der Waals surface area contributed by atoms with Gasteiger partial charge in [0.25, 0.3) is 0 Å². The highest BCUT2D eigenvalue weighted by atomic mass is 35.5. The van der Waals surface area contributed by atoms with Crippen LogP contribution in [0.25, 0.3) is 0 Å². The molecule has 5 heteroatoms.